The lowest BCUT2D eigenvalue weighted by Gasteiger charge is -2.36. The lowest BCUT2D eigenvalue weighted by atomic mass is 9.81. The van der Waals surface area contributed by atoms with E-state index < -0.39 is 29.3 Å². The molecule has 0 bridgehead atoms. The van der Waals surface area contributed by atoms with Gasteiger partial charge in [-0.25, -0.2) is 19.0 Å². The Bertz CT molecular complexity index is 1730. The monoisotopic (exact) mass is 595 g/mol. The van der Waals surface area contributed by atoms with Crippen LogP contribution in [0.1, 0.15) is 80.0 Å². The number of carbonyl (C=O) groups is 2. The van der Waals surface area contributed by atoms with Gasteiger partial charge in [-0.15, -0.1) is 11.8 Å². The number of aryl methyl sites for hydroxylation is 1. The van der Waals surface area contributed by atoms with Gasteiger partial charge in [0, 0.05) is 22.6 Å². The SMILES string of the molecule is CC[C@@]1(OCSC)C(=O)OCc2c1cc1n(c2=O)Cc2c-1nc1cc(F)c(C)c3c1c2[C@@H](NC(=O)OC(C)(C)C)CC3. The molecule has 1 N–H and O–H groups in total. The Balaban J connectivity index is 1.58. The molecule has 0 radical (unpaired) electrons. The summed E-state index contributed by atoms with van der Waals surface area (Å²) in [4.78, 5) is 45.0. The van der Waals surface area contributed by atoms with Gasteiger partial charge in [-0.05, 0) is 76.0 Å². The molecule has 9 nitrogen and oxygen atoms in total. The molecule has 2 aromatic heterocycles. The van der Waals surface area contributed by atoms with Crippen LogP contribution < -0.4 is 10.9 Å². The number of ether oxygens (including phenoxy) is 3. The second-order valence-corrected chi connectivity index (χ2v) is 12.9. The van der Waals surface area contributed by atoms with Crippen molar-refractivity contribution >= 4 is 34.7 Å². The van der Waals surface area contributed by atoms with Gasteiger partial charge in [-0.2, -0.15) is 0 Å². The van der Waals surface area contributed by atoms with E-state index in [9.17, 15) is 14.4 Å². The summed E-state index contributed by atoms with van der Waals surface area (Å²) < 4.78 is 33.9. The van der Waals surface area contributed by atoms with E-state index in [0.29, 0.717) is 46.4 Å². The van der Waals surface area contributed by atoms with Crippen molar-refractivity contribution in [1.29, 1.82) is 0 Å². The van der Waals surface area contributed by atoms with E-state index >= 15 is 4.39 Å². The maximum Gasteiger partial charge on any atom is 0.408 e. The molecule has 1 aromatic carbocycles. The van der Waals surface area contributed by atoms with Gasteiger partial charge in [0.1, 0.15) is 18.0 Å². The van der Waals surface area contributed by atoms with Crippen molar-refractivity contribution in [2.45, 2.75) is 84.3 Å². The molecule has 1 amide bonds. The molecule has 1 aliphatic carbocycles. The number of fused-ring (bicyclic) bond motifs is 5. The maximum atomic E-state index is 15.1. The molecule has 0 saturated carbocycles. The van der Waals surface area contributed by atoms with Crippen molar-refractivity contribution in [3.8, 4) is 11.4 Å². The molecular formula is C31H34FN3O6S. The minimum absolute atomic E-state index is 0.145. The van der Waals surface area contributed by atoms with Crippen LogP contribution in [0.4, 0.5) is 9.18 Å². The van der Waals surface area contributed by atoms with Gasteiger partial charge in [0.05, 0.1) is 41.0 Å². The number of thioether (sulfide) groups is 1. The third-order valence-corrected chi connectivity index (χ3v) is 8.81. The predicted molar refractivity (Wildman–Crippen MR) is 157 cm³/mol. The number of esters is 1. The predicted octanol–water partition coefficient (Wildman–Crippen LogP) is 5.38. The summed E-state index contributed by atoms with van der Waals surface area (Å²) in [6, 6.07) is 2.80. The highest BCUT2D eigenvalue weighted by atomic mass is 32.2. The number of aromatic nitrogens is 2. The zero-order valence-electron chi connectivity index (χ0n) is 24.6. The zero-order valence-corrected chi connectivity index (χ0v) is 25.4. The lowest BCUT2D eigenvalue weighted by molar-refractivity contribution is -0.177. The van der Waals surface area contributed by atoms with Gasteiger partial charge in [-0.3, -0.25) is 4.79 Å². The molecule has 11 heteroatoms. The van der Waals surface area contributed by atoms with Crippen molar-refractivity contribution in [3.05, 3.63) is 61.7 Å². The standard InChI is InChI=1S/C31H34FN3O6S/c1-7-31(40-14-42-6)19-10-23-26-17(12-35(23)27(36)18(19)13-39-28(31)37)25-21(34-29(38)41-30(3,4)5)9-8-16-15(2)20(32)11-22(33-26)24(16)25/h10-11,21H,7-9,12-14H2,1-6H3,(H,34,38)/t21-,31-/m0/s1. The molecule has 3 aromatic rings. The first-order valence-corrected chi connectivity index (χ1v) is 15.5. The number of cyclic esters (lactones) is 1. The molecule has 6 rings (SSSR count). The Kier molecular flexibility index (Phi) is 6.88. The number of amides is 1. The van der Waals surface area contributed by atoms with Gasteiger partial charge in [0.15, 0.2) is 5.60 Å². The van der Waals surface area contributed by atoms with Crippen molar-refractivity contribution in [2.75, 3.05) is 12.2 Å². The Morgan fingerprint density at radius 1 is 1.26 bits per heavy atom. The summed E-state index contributed by atoms with van der Waals surface area (Å²) in [5, 5.41) is 3.83. The Morgan fingerprint density at radius 3 is 2.71 bits per heavy atom. The molecule has 3 aliphatic rings. The number of pyridine rings is 2. The van der Waals surface area contributed by atoms with Crippen LogP contribution in [0.25, 0.3) is 22.3 Å². The largest absolute Gasteiger partial charge is 0.458 e. The highest BCUT2D eigenvalue weighted by Gasteiger charge is 2.48. The van der Waals surface area contributed by atoms with Gasteiger partial charge in [-0.1, -0.05) is 6.92 Å². The smallest absolute Gasteiger partial charge is 0.408 e. The van der Waals surface area contributed by atoms with Crippen LogP contribution in [0, 0.1) is 12.7 Å². The molecule has 222 valence electrons. The first kappa shape index (κ1) is 28.7. The number of hydrogen-bond acceptors (Lipinski definition) is 8. The fourth-order valence-corrected chi connectivity index (χ4v) is 6.85. The number of halogens is 1. The molecular weight excluding hydrogens is 561 g/mol. The number of alkyl carbamates (subject to hydrolysis) is 1. The minimum atomic E-state index is -1.42. The molecule has 0 spiro atoms. The van der Waals surface area contributed by atoms with E-state index in [0.717, 1.165) is 22.1 Å². The molecule has 0 fully saturated rings. The van der Waals surface area contributed by atoms with Crippen molar-refractivity contribution in [2.24, 2.45) is 0 Å². The van der Waals surface area contributed by atoms with E-state index in [1.54, 1.807) is 32.3 Å². The number of carbonyl (C=O) groups excluding carboxylic acids is 2. The van der Waals surface area contributed by atoms with E-state index in [-0.39, 0.29) is 36.9 Å². The van der Waals surface area contributed by atoms with Crippen LogP contribution in [-0.4, -0.2) is 39.4 Å². The summed E-state index contributed by atoms with van der Waals surface area (Å²) in [7, 11) is 0. The third-order valence-electron chi connectivity index (χ3n) is 8.46. The van der Waals surface area contributed by atoms with Crippen LogP contribution in [0.15, 0.2) is 16.9 Å². The Morgan fingerprint density at radius 2 is 2.02 bits per heavy atom. The summed E-state index contributed by atoms with van der Waals surface area (Å²) >= 11 is 1.42. The molecule has 2 atom stereocenters. The minimum Gasteiger partial charge on any atom is -0.458 e. The normalized spacial score (nSPS) is 20.5. The van der Waals surface area contributed by atoms with Gasteiger partial charge in [0.2, 0.25) is 0 Å². The number of nitrogens with zero attached hydrogens (tertiary/aromatic N) is 2. The van der Waals surface area contributed by atoms with Crippen LogP contribution in [0.5, 0.6) is 0 Å². The van der Waals surface area contributed by atoms with E-state index in [4.69, 9.17) is 19.2 Å². The van der Waals surface area contributed by atoms with Crippen molar-refractivity contribution in [3.63, 3.8) is 0 Å². The van der Waals surface area contributed by atoms with Crippen molar-refractivity contribution in [1.82, 2.24) is 14.9 Å². The highest BCUT2D eigenvalue weighted by molar-refractivity contribution is 7.98. The molecule has 0 saturated heterocycles. The summed E-state index contributed by atoms with van der Waals surface area (Å²) in [5.41, 5.74) is 2.98. The maximum absolute atomic E-state index is 15.1. The quantitative estimate of drug-likeness (QED) is 0.242. The zero-order chi connectivity index (χ0) is 30.1. The first-order valence-electron chi connectivity index (χ1n) is 14.1. The summed E-state index contributed by atoms with van der Waals surface area (Å²) in [6.45, 7) is 9.06. The average molecular weight is 596 g/mol. The van der Waals surface area contributed by atoms with E-state index in [1.165, 1.54) is 17.8 Å². The Labute approximate surface area is 247 Å². The van der Waals surface area contributed by atoms with Gasteiger partial charge < -0.3 is 24.1 Å². The van der Waals surface area contributed by atoms with E-state index in [1.807, 2.05) is 19.2 Å². The molecule has 42 heavy (non-hydrogen) atoms. The second-order valence-electron chi connectivity index (χ2n) is 12.1. The van der Waals surface area contributed by atoms with Crippen LogP contribution in [-0.2, 0) is 44.2 Å². The van der Waals surface area contributed by atoms with E-state index in [2.05, 4.69) is 5.32 Å². The fraction of sp³-hybridized carbons (Fsp3) is 0.484. The molecule has 0 unspecified atom stereocenters. The van der Waals surface area contributed by atoms with Crippen LogP contribution in [0.2, 0.25) is 0 Å². The summed E-state index contributed by atoms with van der Waals surface area (Å²) in [5.74, 6) is -0.642. The van der Waals surface area contributed by atoms with Gasteiger partial charge in [0.25, 0.3) is 5.56 Å². The molecule has 4 heterocycles. The number of benzene rings is 1. The third kappa shape index (κ3) is 4.31. The number of hydrogen-bond donors (Lipinski definition) is 1. The fourth-order valence-electron chi connectivity index (χ4n) is 6.54. The highest BCUT2D eigenvalue weighted by Crippen LogP contribution is 2.46. The average Bonchev–Trinajstić information content (AvgIpc) is 3.29. The molecule has 2 aliphatic heterocycles. The van der Waals surface area contributed by atoms with Crippen molar-refractivity contribution < 1.29 is 28.2 Å². The summed E-state index contributed by atoms with van der Waals surface area (Å²) in [6.07, 6.45) is 2.69. The van der Waals surface area contributed by atoms with Crippen LogP contribution in [0.3, 0.4) is 0 Å². The number of rotatable bonds is 5. The Hall–Kier alpha value is -3.44. The topological polar surface area (TPSA) is 109 Å². The van der Waals surface area contributed by atoms with Gasteiger partial charge >= 0.3 is 12.1 Å². The van der Waals surface area contributed by atoms with Crippen LogP contribution >= 0.6 is 11.8 Å². The first-order chi connectivity index (χ1) is 19.9. The number of nitrogens with one attached hydrogen (secondary N) is 1. The lowest BCUT2D eigenvalue weighted by Crippen LogP contribution is -2.46. The second kappa shape index (κ2) is 10.1.